The number of phenolic OH excluding ortho intramolecular Hbond substituents is 1. The van der Waals surface area contributed by atoms with Gasteiger partial charge in [0.15, 0.2) is 0 Å². The van der Waals surface area contributed by atoms with E-state index in [0.29, 0.717) is 5.56 Å². The summed E-state index contributed by atoms with van der Waals surface area (Å²) in [6, 6.07) is 11.3. The first-order chi connectivity index (χ1) is 10.1. The Morgan fingerprint density at radius 1 is 1.14 bits per heavy atom. The molecule has 0 spiro atoms. The lowest BCUT2D eigenvalue weighted by atomic mass is 10.1. The monoisotopic (exact) mass is 297 g/mol. The minimum absolute atomic E-state index is 0.124. The highest BCUT2D eigenvalue weighted by Crippen LogP contribution is 2.28. The lowest BCUT2D eigenvalue weighted by Crippen LogP contribution is -2.12. The summed E-state index contributed by atoms with van der Waals surface area (Å²) in [4.78, 5) is 12.5. The summed E-state index contributed by atoms with van der Waals surface area (Å²) in [5.41, 5.74) is 2.99. The van der Waals surface area contributed by atoms with Crippen LogP contribution in [0, 0.1) is 13.8 Å². The fourth-order valence-corrected chi connectivity index (χ4v) is 3.22. The Morgan fingerprint density at radius 3 is 2.71 bits per heavy atom. The summed E-state index contributed by atoms with van der Waals surface area (Å²) in [5, 5.41) is 15.4. The van der Waals surface area contributed by atoms with Gasteiger partial charge in [-0.2, -0.15) is 0 Å². The number of aryl methyl sites for hydroxylation is 2. The van der Waals surface area contributed by atoms with Crippen molar-refractivity contribution in [1.29, 1.82) is 0 Å². The standard InChI is InChI=1S/C17H15NO2S/c1-10-8-15(19)11(2)7-14(10)18-17(20)13-9-21-16-6-4-3-5-12(13)16/h3-9,19H,1-2H3,(H,18,20). The fourth-order valence-electron chi connectivity index (χ4n) is 2.28. The Morgan fingerprint density at radius 2 is 1.90 bits per heavy atom. The average Bonchev–Trinajstić information content (AvgIpc) is 2.88. The van der Waals surface area contributed by atoms with Crippen molar-refractivity contribution in [2.45, 2.75) is 13.8 Å². The van der Waals surface area contributed by atoms with Crippen LogP contribution in [0.4, 0.5) is 5.69 Å². The number of fused-ring (bicyclic) bond motifs is 1. The lowest BCUT2D eigenvalue weighted by molar-refractivity contribution is 0.102. The summed E-state index contributed by atoms with van der Waals surface area (Å²) < 4.78 is 1.10. The zero-order valence-electron chi connectivity index (χ0n) is 11.8. The molecule has 2 aromatic carbocycles. The molecule has 4 heteroatoms. The van der Waals surface area contributed by atoms with E-state index < -0.39 is 0 Å². The fraction of sp³-hybridized carbons (Fsp3) is 0.118. The largest absolute Gasteiger partial charge is 0.508 e. The van der Waals surface area contributed by atoms with Crippen LogP contribution in [0.2, 0.25) is 0 Å². The Labute approximate surface area is 126 Å². The summed E-state index contributed by atoms with van der Waals surface area (Å²) in [6.07, 6.45) is 0. The first kappa shape index (κ1) is 13.6. The van der Waals surface area contributed by atoms with Crippen LogP contribution < -0.4 is 5.32 Å². The zero-order valence-corrected chi connectivity index (χ0v) is 12.6. The molecule has 3 nitrogen and oxygen atoms in total. The number of hydrogen-bond acceptors (Lipinski definition) is 3. The highest BCUT2D eigenvalue weighted by atomic mass is 32.1. The molecule has 0 radical (unpaired) electrons. The average molecular weight is 297 g/mol. The highest BCUT2D eigenvalue weighted by molar-refractivity contribution is 7.17. The van der Waals surface area contributed by atoms with Crippen molar-refractivity contribution >= 4 is 33.0 Å². The normalized spacial score (nSPS) is 10.8. The molecule has 3 aromatic rings. The molecule has 0 aliphatic heterocycles. The second-order valence-electron chi connectivity index (χ2n) is 5.05. The molecule has 2 N–H and O–H groups in total. The minimum atomic E-state index is -0.124. The van der Waals surface area contributed by atoms with Crippen molar-refractivity contribution < 1.29 is 9.90 Å². The molecule has 1 amide bonds. The summed E-state index contributed by atoms with van der Waals surface area (Å²) >= 11 is 1.56. The van der Waals surface area contributed by atoms with Crippen LogP contribution >= 0.6 is 11.3 Å². The molecule has 21 heavy (non-hydrogen) atoms. The molecule has 0 fully saturated rings. The SMILES string of the molecule is Cc1cc(NC(=O)c2csc3ccccc23)c(C)cc1O. The number of hydrogen-bond donors (Lipinski definition) is 2. The van der Waals surface area contributed by atoms with Gasteiger partial charge in [-0.05, 0) is 43.2 Å². The van der Waals surface area contributed by atoms with Crippen LogP contribution in [0.1, 0.15) is 21.5 Å². The predicted molar refractivity (Wildman–Crippen MR) is 87.4 cm³/mol. The number of benzene rings is 2. The number of carbonyl (C=O) groups is 1. The van der Waals surface area contributed by atoms with Gasteiger partial charge in [-0.25, -0.2) is 0 Å². The van der Waals surface area contributed by atoms with Crippen LogP contribution in [0.5, 0.6) is 5.75 Å². The molecule has 0 atom stereocenters. The number of aromatic hydroxyl groups is 1. The maximum Gasteiger partial charge on any atom is 0.257 e. The summed E-state index contributed by atoms with van der Waals surface area (Å²) in [6.45, 7) is 3.67. The molecular weight excluding hydrogens is 282 g/mol. The van der Waals surface area contributed by atoms with E-state index in [4.69, 9.17) is 0 Å². The number of nitrogens with one attached hydrogen (secondary N) is 1. The van der Waals surface area contributed by atoms with Crippen molar-refractivity contribution in [3.8, 4) is 5.75 Å². The topological polar surface area (TPSA) is 49.3 Å². The third-order valence-corrected chi connectivity index (χ3v) is 4.48. The van der Waals surface area contributed by atoms with Crippen molar-refractivity contribution in [3.05, 3.63) is 58.5 Å². The Balaban J connectivity index is 1.95. The zero-order chi connectivity index (χ0) is 15.0. The third kappa shape index (κ3) is 2.50. The molecule has 106 valence electrons. The second kappa shape index (κ2) is 5.22. The first-order valence-corrected chi connectivity index (χ1v) is 7.52. The van der Waals surface area contributed by atoms with Gasteiger partial charge in [0, 0.05) is 21.2 Å². The highest BCUT2D eigenvalue weighted by Gasteiger charge is 2.13. The van der Waals surface area contributed by atoms with Gasteiger partial charge in [-0.15, -0.1) is 11.3 Å². The molecule has 0 bridgehead atoms. The van der Waals surface area contributed by atoms with E-state index in [1.165, 1.54) is 0 Å². The van der Waals surface area contributed by atoms with E-state index in [-0.39, 0.29) is 11.7 Å². The molecule has 0 saturated heterocycles. The van der Waals surface area contributed by atoms with Gasteiger partial charge in [0.2, 0.25) is 0 Å². The van der Waals surface area contributed by atoms with Crippen LogP contribution in [-0.4, -0.2) is 11.0 Å². The van der Waals surface area contributed by atoms with Crippen molar-refractivity contribution in [2.24, 2.45) is 0 Å². The molecule has 0 aliphatic rings. The number of carbonyl (C=O) groups excluding carboxylic acids is 1. The number of amides is 1. The van der Waals surface area contributed by atoms with Crippen LogP contribution in [-0.2, 0) is 0 Å². The molecule has 0 aliphatic carbocycles. The van der Waals surface area contributed by atoms with Crippen molar-refractivity contribution in [3.63, 3.8) is 0 Å². The minimum Gasteiger partial charge on any atom is -0.508 e. The molecule has 1 heterocycles. The second-order valence-corrected chi connectivity index (χ2v) is 5.96. The van der Waals surface area contributed by atoms with E-state index in [1.807, 2.05) is 43.5 Å². The summed E-state index contributed by atoms with van der Waals surface area (Å²) in [5.74, 6) is 0.118. The Kier molecular flexibility index (Phi) is 3.39. The molecule has 3 rings (SSSR count). The van der Waals surface area contributed by atoms with E-state index >= 15 is 0 Å². The van der Waals surface area contributed by atoms with Crippen LogP contribution in [0.15, 0.2) is 41.8 Å². The Bertz CT molecular complexity index is 836. The molecular formula is C17H15NO2S. The molecule has 0 unspecified atom stereocenters. The van der Waals surface area contributed by atoms with E-state index in [1.54, 1.807) is 23.5 Å². The number of thiophene rings is 1. The van der Waals surface area contributed by atoms with Gasteiger partial charge < -0.3 is 10.4 Å². The van der Waals surface area contributed by atoms with Gasteiger partial charge in [-0.1, -0.05) is 18.2 Å². The number of rotatable bonds is 2. The summed E-state index contributed by atoms with van der Waals surface area (Å²) in [7, 11) is 0. The molecule has 1 aromatic heterocycles. The van der Waals surface area contributed by atoms with Gasteiger partial charge in [0.25, 0.3) is 5.91 Å². The van der Waals surface area contributed by atoms with Gasteiger partial charge in [-0.3, -0.25) is 4.79 Å². The smallest absolute Gasteiger partial charge is 0.257 e. The van der Waals surface area contributed by atoms with Crippen LogP contribution in [0.25, 0.3) is 10.1 Å². The first-order valence-electron chi connectivity index (χ1n) is 6.64. The third-order valence-electron chi connectivity index (χ3n) is 3.52. The molecule has 0 saturated carbocycles. The van der Waals surface area contributed by atoms with Gasteiger partial charge in [0.05, 0.1) is 5.56 Å². The maximum atomic E-state index is 12.5. The Hall–Kier alpha value is -2.33. The van der Waals surface area contributed by atoms with Gasteiger partial charge in [0.1, 0.15) is 5.75 Å². The van der Waals surface area contributed by atoms with E-state index in [2.05, 4.69) is 5.32 Å². The predicted octanol–water partition coefficient (Wildman–Crippen LogP) is 4.48. The lowest BCUT2D eigenvalue weighted by Gasteiger charge is -2.10. The van der Waals surface area contributed by atoms with Crippen molar-refractivity contribution in [1.82, 2.24) is 0 Å². The number of phenols is 1. The van der Waals surface area contributed by atoms with Gasteiger partial charge >= 0.3 is 0 Å². The van der Waals surface area contributed by atoms with E-state index in [9.17, 15) is 9.90 Å². The van der Waals surface area contributed by atoms with Crippen molar-refractivity contribution in [2.75, 3.05) is 5.32 Å². The number of anilines is 1. The van der Waals surface area contributed by atoms with Crippen LogP contribution in [0.3, 0.4) is 0 Å². The van der Waals surface area contributed by atoms with E-state index in [0.717, 1.165) is 26.9 Å². The maximum absolute atomic E-state index is 12.5. The quantitative estimate of drug-likeness (QED) is 0.685.